The quantitative estimate of drug-likeness (QED) is 0.793. The lowest BCUT2D eigenvalue weighted by Crippen LogP contribution is -2.46. The van der Waals surface area contributed by atoms with Gasteiger partial charge < -0.3 is 4.90 Å². The summed E-state index contributed by atoms with van der Waals surface area (Å²) >= 11 is 6.07. The highest BCUT2D eigenvalue weighted by Crippen LogP contribution is 2.19. The van der Waals surface area contributed by atoms with Crippen LogP contribution >= 0.6 is 11.6 Å². The predicted molar refractivity (Wildman–Crippen MR) is 95.4 cm³/mol. The van der Waals surface area contributed by atoms with Crippen LogP contribution in [0.15, 0.2) is 30.3 Å². The fraction of sp³-hybridized carbons (Fsp3) is 0.353. The van der Waals surface area contributed by atoms with Gasteiger partial charge in [0.05, 0.1) is 11.2 Å². The molecule has 24 heavy (non-hydrogen) atoms. The number of rotatable bonds is 3. The number of hydrogen-bond acceptors (Lipinski definition) is 5. The number of aryl methyl sites for hydroxylation is 1. The Bertz CT molecular complexity index is 853. The number of piperazine rings is 1. The molecule has 1 fully saturated rings. The SMILES string of the molecule is Cc1nc(N2CCN(Cc3ccc4ccc(Cl)cc4n3)CC2)n[nH]1. The van der Waals surface area contributed by atoms with Crippen molar-refractivity contribution in [3.8, 4) is 0 Å². The van der Waals surface area contributed by atoms with Crippen LogP contribution in [-0.2, 0) is 6.54 Å². The summed E-state index contributed by atoms with van der Waals surface area (Å²) in [6, 6.07) is 10.0. The monoisotopic (exact) mass is 342 g/mol. The van der Waals surface area contributed by atoms with Gasteiger partial charge in [-0.25, -0.2) is 0 Å². The van der Waals surface area contributed by atoms with Crippen LogP contribution in [0.2, 0.25) is 5.02 Å². The van der Waals surface area contributed by atoms with Crippen LogP contribution in [0.25, 0.3) is 10.9 Å². The van der Waals surface area contributed by atoms with Crippen LogP contribution in [0.4, 0.5) is 5.95 Å². The number of benzene rings is 1. The molecule has 1 aliphatic rings. The Labute approximate surface area is 145 Å². The molecule has 1 aromatic carbocycles. The molecule has 0 amide bonds. The van der Waals surface area contributed by atoms with E-state index in [1.165, 1.54) is 0 Å². The summed E-state index contributed by atoms with van der Waals surface area (Å²) in [6.07, 6.45) is 0. The Balaban J connectivity index is 1.41. The molecule has 3 heterocycles. The average Bonchev–Trinajstić information content (AvgIpc) is 3.02. The first-order chi connectivity index (χ1) is 11.7. The molecule has 3 aromatic rings. The first kappa shape index (κ1) is 15.4. The van der Waals surface area contributed by atoms with Gasteiger partial charge in [0.1, 0.15) is 5.82 Å². The Morgan fingerprint density at radius 3 is 2.62 bits per heavy atom. The lowest BCUT2D eigenvalue weighted by Gasteiger charge is -2.33. The molecule has 0 unspecified atom stereocenters. The maximum atomic E-state index is 6.07. The number of aromatic amines is 1. The van der Waals surface area contributed by atoms with Crippen molar-refractivity contribution >= 4 is 28.5 Å². The molecule has 7 heteroatoms. The van der Waals surface area contributed by atoms with Crippen molar-refractivity contribution in [1.82, 2.24) is 25.1 Å². The molecule has 0 aliphatic carbocycles. The summed E-state index contributed by atoms with van der Waals surface area (Å²) in [7, 11) is 0. The molecule has 1 N–H and O–H groups in total. The van der Waals surface area contributed by atoms with Crippen LogP contribution < -0.4 is 4.90 Å². The van der Waals surface area contributed by atoms with Gasteiger partial charge >= 0.3 is 0 Å². The number of halogens is 1. The summed E-state index contributed by atoms with van der Waals surface area (Å²) in [5, 5.41) is 8.98. The van der Waals surface area contributed by atoms with Crippen molar-refractivity contribution in [2.45, 2.75) is 13.5 Å². The molecule has 1 saturated heterocycles. The normalized spacial score (nSPS) is 16.0. The van der Waals surface area contributed by atoms with Crippen molar-refractivity contribution in [3.05, 3.63) is 46.9 Å². The lowest BCUT2D eigenvalue weighted by atomic mass is 10.2. The maximum Gasteiger partial charge on any atom is 0.244 e. The molecule has 6 nitrogen and oxygen atoms in total. The van der Waals surface area contributed by atoms with Gasteiger partial charge in [0.25, 0.3) is 0 Å². The molecule has 2 aromatic heterocycles. The van der Waals surface area contributed by atoms with Crippen LogP contribution in [0, 0.1) is 6.92 Å². The van der Waals surface area contributed by atoms with E-state index in [0.29, 0.717) is 0 Å². The molecule has 124 valence electrons. The molecular formula is C17H19ClN6. The standard InChI is InChI=1S/C17H19ClN6/c1-12-19-17(22-21-12)24-8-6-23(7-9-24)11-15-5-3-13-2-4-14(18)10-16(13)20-15/h2-5,10H,6-9,11H2,1H3,(H,19,21,22). The largest absolute Gasteiger partial charge is 0.337 e. The van der Waals surface area contributed by atoms with Gasteiger partial charge in [-0.05, 0) is 25.1 Å². The Morgan fingerprint density at radius 1 is 1.08 bits per heavy atom. The second kappa shape index (κ2) is 6.37. The molecule has 0 spiro atoms. The third kappa shape index (κ3) is 3.20. The average molecular weight is 343 g/mol. The summed E-state index contributed by atoms with van der Waals surface area (Å²) in [6.45, 7) is 6.58. The minimum Gasteiger partial charge on any atom is -0.337 e. The van der Waals surface area contributed by atoms with Gasteiger partial charge in [0.2, 0.25) is 5.95 Å². The summed E-state index contributed by atoms with van der Waals surface area (Å²) in [4.78, 5) is 13.8. The van der Waals surface area contributed by atoms with E-state index in [0.717, 1.165) is 66.1 Å². The number of aromatic nitrogens is 4. The maximum absolute atomic E-state index is 6.07. The van der Waals surface area contributed by atoms with E-state index in [2.05, 4.69) is 37.1 Å². The van der Waals surface area contributed by atoms with Crippen LogP contribution in [0.3, 0.4) is 0 Å². The van der Waals surface area contributed by atoms with Crippen molar-refractivity contribution in [2.24, 2.45) is 0 Å². The smallest absolute Gasteiger partial charge is 0.244 e. The van der Waals surface area contributed by atoms with Crippen LogP contribution in [-0.4, -0.2) is 51.2 Å². The third-order valence-corrected chi connectivity index (χ3v) is 4.57. The Kier molecular flexibility index (Phi) is 4.08. The lowest BCUT2D eigenvalue weighted by molar-refractivity contribution is 0.246. The molecule has 4 rings (SSSR count). The fourth-order valence-electron chi connectivity index (χ4n) is 3.03. The van der Waals surface area contributed by atoms with E-state index >= 15 is 0 Å². The van der Waals surface area contributed by atoms with Gasteiger partial charge in [-0.3, -0.25) is 15.0 Å². The van der Waals surface area contributed by atoms with Crippen LogP contribution in [0.5, 0.6) is 0 Å². The van der Waals surface area contributed by atoms with E-state index in [9.17, 15) is 0 Å². The minimum atomic E-state index is 0.725. The van der Waals surface area contributed by atoms with E-state index in [-0.39, 0.29) is 0 Å². The molecule has 0 atom stereocenters. The number of hydrogen-bond donors (Lipinski definition) is 1. The van der Waals surface area contributed by atoms with Gasteiger partial charge in [-0.1, -0.05) is 23.7 Å². The van der Waals surface area contributed by atoms with Crippen LogP contribution in [0.1, 0.15) is 11.5 Å². The van der Waals surface area contributed by atoms with Crippen molar-refractivity contribution in [3.63, 3.8) is 0 Å². The zero-order valence-corrected chi connectivity index (χ0v) is 14.3. The third-order valence-electron chi connectivity index (χ3n) is 4.34. The second-order valence-corrected chi connectivity index (χ2v) is 6.56. The first-order valence-corrected chi connectivity index (χ1v) is 8.47. The number of pyridine rings is 1. The minimum absolute atomic E-state index is 0.725. The summed E-state index contributed by atoms with van der Waals surface area (Å²) < 4.78 is 0. The number of anilines is 1. The highest BCUT2D eigenvalue weighted by atomic mass is 35.5. The zero-order valence-electron chi connectivity index (χ0n) is 13.5. The second-order valence-electron chi connectivity index (χ2n) is 6.12. The predicted octanol–water partition coefficient (Wildman–Crippen LogP) is 2.64. The van der Waals surface area contributed by atoms with E-state index in [1.54, 1.807) is 0 Å². The highest BCUT2D eigenvalue weighted by molar-refractivity contribution is 6.31. The molecule has 1 aliphatic heterocycles. The van der Waals surface area contributed by atoms with Gasteiger partial charge in [0.15, 0.2) is 0 Å². The Morgan fingerprint density at radius 2 is 1.88 bits per heavy atom. The number of nitrogens with zero attached hydrogens (tertiary/aromatic N) is 5. The first-order valence-electron chi connectivity index (χ1n) is 8.09. The van der Waals surface area contributed by atoms with E-state index in [4.69, 9.17) is 16.6 Å². The van der Waals surface area contributed by atoms with Crippen molar-refractivity contribution in [1.29, 1.82) is 0 Å². The van der Waals surface area contributed by atoms with E-state index < -0.39 is 0 Å². The molecular weight excluding hydrogens is 324 g/mol. The summed E-state index contributed by atoms with van der Waals surface area (Å²) in [5.74, 6) is 1.65. The van der Waals surface area contributed by atoms with E-state index in [1.807, 2.05) is 25.1 Å². The highest BCUT2D eigenvalue weighted by Gasteiger charge is 2.20. The Hall–Kier alpha value is -2.18. The molecule has 0 bridgehead atoms. The van der Waals surface area contributed by atoms with Crippen molar-refractivity contribution in [2.75, 3.05) is 31.1 Å². The zero-order chi connectivity index (χ0) is 16.5. The van der Waals surface area contributed by atoms with Gasteiger partial charge in [0, 0.05) is 43.1 Å². The number of fused-ring (bicyclic) bond motifs is 1. The van der Waals surface area contributed by atoms with Crippen molar-refractivity contribution < 1.29 is 0 Å². The molecule has 0 radical (unpaired) electrons. The van der Waals surface area contributed by atoms with Gasteiger partial charge in [-0.15, -0.1) is 5.10 Å². The molecule has 0 saturated carbocycles. The number of H-pyrrole nitrogens is 1. The topological polar surface area (TPSA) is 60.9 Å². The summed E-state index contributed by atoms with van der Waals surface area (Å²) in [5.41, 5.74) is 2.03. The number of nitrogens with one attached hydrogen (secondary N) is 1. The fourth-order valence-corrected chi connectivity index (χ4v) is 3.19. The van der Waals surface area contributed by atoms with Gasteiger partial charge in [-0.2, -0.15) is 4.98 Å².